The van der Waals surface area contributed by atoms with Crippen LogP contribution in [0.3, 0.4) is 0 Å². The summed E-state index contributed by atoms with van der Waals surface area (Å²) in [6.45, 7) is -0.388. The number of benzene rings is 3. The summed E-state index contributed by atoms with van der Waals surface area (Å²) >= 11 is 0. The second kappa shape index (κ2) is 8.21. The third-order valence-corrected chi connectivity index (χ3v) is 4.01. The third kappa shape index (κ3) is 4.22. The van der Waals surface area contributed by atoms with E-state index in [2.05, 4.69) is 0 Å². The average Bonchev–Trinajstić information content (AvgIpc) is 2.68. The average molecular weight is 348 g/mol. The Hall–Kier alpha value is -3.27. The molecule has 4 heteroatoms. The van der Waals surface area contributed by atoms with Gasteiger partial charge in [0.1, 0.15) is 11.7 Å². The monoisotopic (exact) mass is 348 g/mol. The van der Waals surface area contributed by atoms with Crippen molar-refractivity contribution in [3.63, 3.8) is 0 Å². The van der Waals surface area contributed by atoms with E-state index in [1.54, 1.807) is 0 Å². The first-order valence-electron chi connectivity index (χ1n) is 8.20. The van der Waals surface area contributed by atoms with Crippen LogP contribution in [0, 0.1) is 5.82 Å². The number of carbonyl (C=O) groups excluding carboxylic acids is 2. The van der Waals surface area contributed by atoms with Crippen molar-refractivity contribution in [2.75, 3.05) is 6.61 Å². The standard InChI is InChI=1S/C22H17FO3/c23-19-13-11-16(12-14-19)20(24)15-26-22(25)21(17-7-3-1-4-8-17)18-9-5-2-6-10-18/h1-14,21H,15H2. The van der Waals surface area contributed by atoms with Gasteiger partial charge in [0.05, 0.1) is 0 Å². The highest BCUT2D eigenvalue weighted by atomic mass is 19.1. The highest BCUT2D eigenvalue weighted by Crippen LogP contribution is 2.26. The van der Waals surface area contributed by atoms with Gasteiger partial charge in [-0.1, -0.05) is 60.7 Å². The van der Waals surface area contributed by atoms with Crippen LogP contribution in [0.25, 0.3) is 0 Å². The van der Waals surface area contributed by atoms with Crippen molar-refractivity contribution in [2.45, 2.75) is 5.92 Å². The SMILES string of the molecule is O=C(COC(=O)C(c1ccccc1)c1ccccc1)c1ccc(F)cc1. The molecule has 3 nitrogen and oxygen atoms in total. The van der Waals surface area contributed by atoms with Gasteiger partial charge in [0, 0.05) is 5.56 Å². The minimum Gasteiger partial charge on any atom is -0.457 e. The number of Topliss-reactive ketones (excluding diaryl/α,β-unsaturated/α-hetero) is 1. The maximum absolute atomic E-state index is 12.9. The Balaban J connectivity index is 1.76. The molecule has 0 spiro atoms. The molecule has 3 aromatic rings. The molecule has 130 valence electrons. The Labute approximate surface area is 151 Å². The highest BCUT2D eigenvalue weighted by Gasteiger charge is 2.24. The molecule has 0 amide bonds. The molecule has 0 saturated heterocycles. The number of ether oxygens (including phenoxy) is 1. The molecule has 0 bridgehead atoms. The molecule has 0 radical (unpaired) electrons. The number of esters is 1. The maximum Gasteiger partial charge on any atom is 0.318 e. The maximum atomic E-state index is 12.9. The second-order valence-electron chi connectivity index (χ2n) is 5.79. The first-order valence-corrected chi connectivity index (χ1v) is 8.20. The zero-order chi connectivity index (χ0) is 18.4. The molecule has 0 unspecified atom stereocenters. The lowest BCUT2D eigenvalue weighted by Gasteiger charge is -2.16. The van der Waals surface area contributed by atoms with Gasteiger partial charge in [-0.25, -0.2) is 4.39 Å². The minimum atomic E-state index is -0.613. The number of rotatable bonds is 6. The van der Waals surface area contributed by atoms with E-state index in [1.165, 1.54) is 24.3 Å². The number of hydrogen-bond acceptors (Lipinski definition) is 3. The molecule has 0 heterocycles. The van der Waals surface area contributed by atoms with Gasteiger partial charge >= 0.3 is 5.97 Å². The summed E-state index contributed by atoms with van der Waals surface area (Å²) in [7, 11) is 0. The van der Waals surface area contributed by atoms with E-state index in [-0.39, 0.29) is 12.4 Å². The van der Waals surface area contributed by atoms with Crippen LogP contribution in [0.5, 0.6) is 0 Å². The molecular formula is C22H17FO3. The van der Waals surface area contributed by atoms with Gasteiger partial charge in [0.15, 0.2) is 12.4 Å². The van der Waals surface area contributed by atoms with Crippen LogP contribution < -0.4 is 0 Å². The molecule has 0 aliphatic carbocycles. The number of hydrogen-bond donors (Lipinski definition) is 0. The lowest BCUT2D eigenvalue weighted by molar-refractivity contribution is -0.143. The Morgan fingerprint density at radius 1 is 0.769 bits per heavy atom. The Morgan fingerprint density at radius 3 is 1.77 bits per heavy atom. The normalized spacial score (nSPS) is 10.5. The molecular weight excluding hydrogens is 331 g/mol. The van der Waals surface area contributed by atoms with Gasteiger partial charge in [0.2, 0.25) is 0 Å². The molecule has 3 rings (SSSR count). The van der Waals surface area contributed by atoms with Gasteiger partial charge in [-0.2, -0.15) is 0 Å². The summed E-state index contributed by atoms with van der Waals surface area (Å²) in [6.07, 6.45) is 0. The second-order valence-corrected chi connectivity index (χ2v) is 5.79. The van der Waals surface area contributed by atoms with Crippen molar-refractivity contribution in [2.24, 2.45) is 0 Å². The largest absolute Gasteiger partial charge is 0.457 e. The summed E-state index contributed by atoms with van der Waals surface area (Å²) in [5.41, 5.74) is 1.88. The van der Waals surface area contributed by atoms with Crippen molar-refractivity contribution >= 4 is 11.8 Å². The minimum absolute atomic E-state index is 0.301. The zero-order valence-electron chi connectivity index (χ0n) is 14.0. The predicted molar refractivity (Wildman–Crippen MR) is 96.4 cm³/mol. The van der Waals surface area contributed by atoms with E-state index in [1.807, 2.05) is 60.7 Å². The number of carbonyl (C=O) groups is 2. The Bertz CT molecular complexity index is 835. The van der Waals surface area contributed by atoms with Crippen LogP contribution in [0.15, 0.2) is 84.9 Å². The fourth-order valence-electron chi connectivity index (χ4n) is 2.69. The van der Waals surface area contributed by atoms with E-state index in [0.717, 1.165) is 11.1 Å². The van der Waals surface area contributed by atoms with Crippen molar-refractivity contribution in [1.82, 2.24) is 0 Å². The fourth-order valence-corrected chi connectivity index (χ4v) is 2.69. The van der Waals surface area contributed by atoms with E-state index in [0.29, 0.717) is 5.56 Å². The van der Waals surface area contributed by atoms with E-state index < -0.39 is 17.7 Å². The summed E-state index contributed by atoms with van der Waals surface area (Å²) in [6, 6.07) is 23.7. The molecule has 0 aliphatic heterocycles. The van der Waals surface area contributed by atoms with Crippen LogP contribution in [0.1, 0.15) is 27.4 Å². The highest BCUT2D eigenvalue weighted by molar-refractivity contribution is 5.98. The number of ketones is 1. The van der Waals surface area contributed by atoms with Crippen LogP contribution >= 0.6 is 0 Å². The molecule has 0 aliphatic rings. The lowest BCUT2D eigenvalue weighted by Crippen LogP contribution is -2.21. The quantitative estimate of drug-likeness (QED) is 0.490. The molecule has 26 heavy (non-hydrogen) atoms. The molecule has 0 saturated carbocycles. The summed E-state index contributed by atoms with van der Waals surface area (Å²) < 4.78 is 18.2. The van der Waals surface area contributed by atoms with Crippen LogP contribution in [-0.2, 0) is 9.53 Å². The number of halogens is 1. The summed E-state index contributed by atoms with van der Waals surface area (Å²) in [5.74, 6) is -1.92. The molecule has 3 aromatic carbocycles. The van der Waals surface area contributed by atoms with Gasteiger partial charge < -0.3 is 4.74 Å². The smallest absolute Gasteiger partial charge is 0.318 e. The van der Waals surface area contributed by atoms with Crippen molar-refractivity contribution in [3.05, 3.63) is 107 Å². The first-order chi connectivity index (χ1) is 12.6. The van der Waals surface area contributed by atoms with Gasteiger partial charge in [-0.05, 0) is 35.4 Å². The molecule has 0 fully saturated rings. The first kappa shape index (κ1) is 17.5. The Kier molecular flexibility index (Phi) is 5.54. The van der Waals surface area contributed by atoms with Gasteiger partial charge in [-0.3, -0.25) is 9.59 Å². The van der Waals surface area contributed by atoms with E-state index in [9.17, 15) is 14.0 Å². The van der Waals surface area contributed by atoms with E-state index in [4.69, 9.17) is 4.74 Å². The molecule has 0 atom stereocenters. The van der Waals surface area contributed by atoms with Crippen molar-refractivity contribution < 1.29 is 18.7 Å². The van der Waals surface area contributed by atoms with Crippen LogP contribution in [0.2, 0.25) is 0 Å². The topological polar surface area (TPSA) is 43.4 Å². The van der Waals surface area contributed by atoms with Crippen LogP contribution in [-0.4, -0.2) is 18.4 Å². The van der Waals surface area contributed by atoms with Gasteiger partial charge in [-0.15, -0.1) is 0 Å². The van der Waals surface area contributed by atoms with Gasteiger partial charge in [0.25, 0.3) is 0 Å². The molecule has 0 aromatic heterocycles. The third-order valence-electron chi connectivity index (χ3n) is 4.01. The summed E-state index contributed by atoms with van der Waals surface area (Å²) in [4.78, 5) is 24.9. The molecule has 0 N–H and O–H groups in total. The van der Waals surface area contributed by atoms with Crippen LogP contribution in [0.4, 0.5) is 4.39 Å². The fraction of sp³-hybridized carbons (Fsp3) is 0.0909. The predicted octanol–water partition coefficient (Wildman–Crippen LogP) is 4.38. The lowest BCUT2D eigenvalue weighted by atomic mass is 9.91. The van der Waals surface area contributed by atoms with E-state index >= 15 is 0 Å². The zero-order valence-corrected chi connectivity index (χ0v) is 14.0. The Morgan fingerprint density at radius 2 is 1.27 bits per heavy atom. The summed E-state index contributed by atoms with van der Waals surface area (Å²) in [5, 5.41) is 0. The van der Waals surface area contributed by atoms with Crippen molar-refractivity contribution in [3.8, 4) is 0 Å². The van der Waals surface area contributed by atoms with Crippen molar-refractivity contribution in [1.29, 1.82) is 0 Å².